The molecule has 5 nitrogen and oxygen atoms in total. The molecule has 2 unspecified atom stereocenters. The van der Waals surface area contributed by atoms with Crippen molar-refractivity contribution in [3.63, 3.8) is 0 Å². The van der Waals surface area contributed by atoms with Crippen LogP contribution in [0.1, 0.15) is 30.4 Å². The quantitative estimate of drug-likeness (QED) is 0.937. The minimum Gasteiger partial charge on any atom is -0.383 e. The van der Waals surface area contributed by atoms with Crippen molar-refractivity contribution in [2.75, 3.05) is 12.0 Å². The van der Waals surface area contributed by atoms with Gasteiger partial charge in [-0.2, -0.15) is 0 Å². The Kier molecular flexibility index (Phi) is 4.13. The van der Waals surface area contributed by atoms with E-state index < -0.39 is 10.8 Å². The fraction of sp³-hybridized carbons (Fsp3) is 0.571. The van der Waals surface area contributed by atoms with E-state index in [4.69, 9.17) is 5.73 Å². The van der Waals surface area contributed by atoms with E-state index in [1.807, 2.05) is 20.8 Å². The number of hydrogen-bond donors (Lipinski definition) is 1. The summed E-state index contributed by atoms with van der Waals surface area (Å²) in [4.78, 5) is 8.78. The predicted molar refractivity (Wildman–Crippen MR) is 84.3 cm³/mol. The van der Waals surface area contributed by atoms with Gasteiger partial charge in [0.25, 0.3) is 0 Å². The fourth-order valence-corrected chi connectivity index (χ4v) is 2.86. The van der Waals surface area contributed by atoms with Gasteiger partial charge in [-0.15, -0.1) is 0 Å². The van der Waals surface area contributed by atoms with Gasteiger partial charge >= 0.3 is 0 Å². The molecule has 2 rings (SSSR count). The number of aryl methyl sites for hydroxylation is 3. The first-order chi connectivity index (χ1) is 9.32. The van der Waals surface area contributed by atoms with Gasteiger partial charge in [-0.1, -0.05) is 6.92 Å². The van der Waals surface area contributed by atoms with Gasteiger partial charge in [-0.05, 0) is 32.8 Å². The molecule has 2 aromatic rings. The van der Waals surface area contributed by atoms with Gasteiger partial charge in [0.05, 0.1) is 5.39 Å². The number of fused-ring (bicyclic) bond motifs is 1. The maximum Gasteiger partial charge on any atom is 0.146 e. The van der Waals surface area contributed by atoms with Crippen molar-refractivity contribution in [2.45, 2.75) is 45.9 Å². The molecule has 2 N–H and O–H groups in total. The third kappa shape index (κ3) is 2.57. The van der Waals surface area contributed by atoms with Crippen molar-refractivity contribution < 1.29 is 4.21 Å². The van der Waals surface area contributed by atoms with Crippen LogP contribution in [0.3, 0.4) is 0 Å². The van der Waals surface area contributed by atoms with E-state index in [0.29, 0.717) is 11.6 Å². The van der Waals surface area contributed by atoms with Gasteiger partial charge < -0.3 is 10.3 Å². The zero-order valence-electron chi connectivity index (χ0n) is 12.7. The van der Waals surface area contributed by atoms with Crippen LogP contribution in [0.2, 0.25) is 0 Å². The van der Waals surface area contributed by atoms with Crippen LogP contribution in [-0.4, -0.2) is 30.2 Å². The molecule has 0 saturated carbocycles. The van der Waals surface area contributed by atoms with Gasteiger partial charge in [-0.3, -0.25) is 4.21 Å². The molecule has 0 saturated heterocycles. The summed E-state index contributed by atoms with van der Waals surface area (Å²) in [7, 11) is -0.797. The molecule has 2 heterocycles. The van der Waals surface area contributed by atoms with E-state index in [1.54, 1.807) is 6.26 Å². The van der Waals surface area contributed by atoms with Crippen molar-refractivity contribution in [3.05, 3.63) is 17.1 Å². The molecule has 0 aliphatic rings. The number of nitrogen functional groups attached to an aromatic ring is 1. The van der Waals surface area contributed by atoms with E-state index in [9.17, 15) is 4.21 Å². The summed E-state index contributed by atoms with van der Waals surface area (Å²) in [5.74, 6) is 1.22. The lowest BCUT2D eigenvalue weighted by atomic mass is 10.2. The number of aromatic nitrogens is 3. The van der Waals surface area contributed by atoms with Crippen molar-refractivity contribution in [1.82, 2.24) is 14.5 Å². The molecule has 110 valence electrons. The first-order valence-electron chi connectivity index (χ1n) is 6.74. The molecule has 6 heteroatoms. The Labute approximate surface area is 122 Å². The fourth-order valence-electron chi connectivity index (χ4n) is 2.43. The normalized spacial score (nSPS) is 14.7. The molecule has 0 aliphatic carbocycles. The monoisotopic (exact) mass is 294 g/mol. The second-order valence-corrected chi connectivity index (χ2v) is 7.12. The second kappa shape index (κ2) is 5.52. The number of rotatable bonds is 4. The maximum absolute atomic E-state index is 11.5. The predicted octanol–water partition coefficient (Wildman–Crippen LogP) is 2.10. The van der Waals surface area contributed by atoms with Crippen LogP contribution in [-0.2, 0) is 17.3 Å². The van der Waals surface area contributed by atoms with Crippen LogP contribution >= 0.6 is 0 Å². The van der Waals surface area contributed by atoms with E-state index in [1.165, 1.54) is 0 Å². The highest BCUT2D eigenvalue weighted by Gasteiger charge is 2.17. The van der Waals surface area contributed by atoms with Crippen LogP contribution in [0.15, 0.2) is 0 Å². The van der Waals surface area contributed by atoms with Crippen LogP contribution in [0, 0.1) is 20.8 Å². The van der Waals surface area contributed by atoms with Crippen molar-refractivity contribution >= 4 is 27.7 Å². The maximum atomic E-state index is 11.5. The molecule has 0 fully saturated rings. The third-order valence-corrected chi connectivity index (χ3v) is 5.30. The van der Waals surface area contributed by atoms with E-state index >= 15 is 0 Å². The molecular formula is C14H22N4OS. The molecule has 0 aromatic carbocycles. The molecule has 0 spiro atoms. The molecule has 20 heavy (non-hydrogen) atoms. The largest absolute Gasteiger partial charge is 0.383 e. The zero-order chi connectivity index (χ0) is 15.0. The van der Waals surface area contributed by atoms with Crippen molar-refractivity contribution in [3.8, 4) is 0 Å². The van der Waals surface area contributed by atoms with E-state index in [-0.39, 0.29) is 5.25 Å². The second-order valence-electron chi connectivity index (χ2n) is 5.31. The summed E-state index contributed by atoms with van der Waals surface area (Å²) >= 11 is 0. The SMILES string of the molecule is Cc1nc(N)c2c(C)c(C)n(CCC(C)S(C)=O)c2n1. The summed E-state index contributed by atoms with van der Waals surface area (Å²) in [5.41, 5.74) is 9.20. The third-order valence-electron chi connectivity index (χ3n) is 3.93. The lowest BCUT2D eigenvalue weighted by Crippen LogP contribution is -2.14. The molecule has 2 atom stereocenters. The highest BCUT2D eigenvalue weighted by Crippen LogP contribution is 2.28. The van der Waals surface area contributed by atoms with Crippen LogP contribution in [0.25, 0.3) is 11.0 Å². The van der Waals surface area contributed by atoms with E-state index in [0.717, 1.165) is 35.3 Å². The van der Waals surface area contributed by atoms with Crippen LogP contribution in [0.4, 0.5) is 5.82 Å². The number of hydrogen-bond acceptors (Lipinski definition) is 4. The van der Waals surface area contributed by atoms with Crippen LogP contribution < -0.4 is 5.73 Å². The first kappa shape index (κ1) is 15.0. The summed E-state index contributed by atoms with van der Waals surface area (Å²) in [6, 6.07) is 0. The number of nitrogens with two attached hydrogens (primary N) is 1. The Morgan fingerprint density at radius 3 is 2.55 bits per heavy atom. The van der Waals surface area contributed by atoms with Gasteiger partial charge in [0.15, 0.2) is 0 Å². The summed E-state index contributed by atoms with van der Waals surface area (Å²) in [6.07, 6.45) is 2.61. The smallest absolute Gasteiger partial charge is 0.146 e. The number of nitrogens with zero attached hydrogens (tertiary/aromatic N) is 3. The van der Waals surface area contributed by atoms with Crippen molar-refractivity contribution in [2.24, 2.45) is 0 Å². The van der Waals surface area contributed by atoms with Crippen molar-refractivity contribution in [1.29, 1.82) is 0 Å². The van der Waals surface area contributed by atoms with Gasteiger partial charge in [0, 0.05) is 34.5 Å². The Morgan fingerprint density at radius 2 is 1.95 bits per heavy atom. The molecular weight excluding hydrogens is 272 g/mol. The first-order valence-corrected chi connectivity index (χ1v) is 8.36. The summed E-state index contributed by atoms with van der Waals surface area (Å²) in [5, 5.41) is 1.12. The Hall–Kier alpha value is -1.43. The highest BCUT2D eigenvalue weighted by molar-refractivity contribution is 7.84. The lowest BCUT2D eigenvalue weighted by molar-refractivity contribution is 0.619. The Morgan fingerprint density at radius 1 is 1.30 bits per heavy atom. The minimum absolute atomic E-state index is 0.174. The van der Waals surface area contributed by atoms with Gasteiger partial charge in [0.2, 0.25) is 0 Å². The van der Waals surface area contributed by atoms with Crippen LogP contribution in [0.5, 0.6) is 0 Å². The molecule has 0 radical (unpaired) electrons. The van der Waals surface area contributed by atoms with E-state index in [2.05, 4.69) is 21.5 Å². The topological polar surface area (TPSA) is 73.8 Å². The lowest BCUT2D eigenvalue weighted by Gasteiger charge is -2.11. The molecule has 0 aliphatic heterocycles. The zero-order valence-corrected chi connectivity index (χ0v) is 13.5. The molecule has 0 amide bonds. The standard InChI is InChI=1S/C14H22N4OS/c1-8(20(5)19)6-7-18-10(3)9(2)12-13(15)16-11(4)17-14(12)18/h8H,6-7H2,1-5H3,(H2,15,16,17). The minimum atomic E-state index is -0.797. The Bertz CT molecular complexity index is 678. The van der Waals surface area contributed by atoms with Gasteiger partial charge in [0.1, 0.15) is 17.3 Å². The van der Waals surface area contributed by atoms with Gasteiger partial charge in [-0.25, -0.2) is 9.97 Å². The summed E-state index contributed by atoms with van der Waals surface area (Å²) in [6.45, 7) is 8.77. The molecule has 2 aromatic heterocycles. The Balaban J connectivity index is 2.48. The summed E-state index contributed by atoms with van der Waals surface area (Å²) < 4.78 is 13.6. The molecule has 0 bridgehead atoms. The average molecular weight is 294 g/mol. The highest BCUT2D eigenvalue weighted by atomic mass is 32.2. The average Bonchev–Trinajstić information content (AvgIpc) is 2.59. The number of anilines is 1.